The second-order valence-corrected chi connectivity index (χ2v) is 4.54. The van der Waals surface area contributed by atoms with Gasteiger partial charge in [-0.3, -0.25) is 0 Å². The lowest BCUT2D eigenvalue weighted by atomic mass is 10.2. The van der Waals surface area contributed by atoms with E-state index in [0.717, 1.165) is 22.2 Å². The first kappa shape index (κ1) is 11.2. The van der Waals surface area contributed by atoms with Crippen LogP contribution in [0, 0.1) is 0 Å². The molecule has 5 heteroatoms. The molecule has 0 amide bonds. The van der Waals surface area contributed by atoms with Crippen LogP contribution >= 0.6 is 23.4 Å². The van der Waals surface area contributed by atoms with Crippen LogP contribution in [0.1, 0.15) is 5.56 Å². The summed E-state index contributed by atoms with van der Waals surface area (Å²) in [5.74, 6) is 0.719. The SMILES string of the molecule is Nc1ccc(Cl)cc1CSc1ncccn1. The Kier molecular flexibility index (Phi) is 3.64. The van der Waals surface area contributed by atoms with E-state index in [4.69, 9.17) is 17.3 Å². The average molecular weight is 252 g/mol. The van der Waals surface area contributed by atoms with E-state index in [1.54, 1.807) is 24.5 Å². The van der Waals surface area contributed by atoms with Gasteiger partial charge in [0.2, 0.25) is 0 Å². The van der Waals surface area contributed by atoms with E-state index in [9.17, 15) is 0 Å². The minimum absolute atomic E-state index is 0.693. The summed E-state index contributed by atoms with van der Waals surface area (Å²) in [5.41, 5.74) is 7.59. The van der Waals surface area contributed by atoms with Crippen molar-refractivity contribution in [3.05, 3.63) is 47.2 Å². The largest absolute Gasteiger partial charge is 0.398 e. The van der Waals surface area contributed by atoms with Crippen LogP contribution in [-0.2, 0) is 5.75 Å². The van der Waals surface area contributed by atoms with Gasteiger partial charge >= 0.3 is 0 Å². The predicted molar refractivity (Wildman–Crippen MR) is 67.5 cm³/mol. The number of anilines is 1. The minimum Gasteiger partial charge on any atom is -0.398 e. The maximum absolute atomic E-state index is 5.90. The van der Waals surface area contributed by atoms with Gasteiger partial charge in [-0.1, -0.05) is 23.4 Å². The summed E-state index contributed by atoms with van der Waals surface area (Å²) < 4.78 is 0. The lowest BCUT2D eigenvalue weighted by molar-refractivity contribution is 0.966. The number of benzene rings is 1. The van der Waals surface area contributed by atoms with Crippen molar-refractivity contribution in [2.75, 3.05) is 5.73 Å². The lowest BCUT2D eigenvalue weighted by Gasteiger charge is -2.04. The molecule has 0 aliphatic carbocycles. The molecule has 2 aromatic rings. The van der Waals surface area contributed by atoms with Gasteiger partial charge in [0, 0.05) is 28.9 Å². The van der Waals surface area contributed by atoms with E-state index in [1.165, 1.54) is 11.8 Å². The first-order valence-electron chi connectivity index (χ1n) is 4.69. The highest BCUT2D eigenvalue weighted by molar-refractivity contribution is 7.98. The topological polar surface area (TPSA) is 51.8 Å². The van der Waals surface area contributed by atoms with Crippen LogP contribution in [-0.4, -0.2) is 9.97 Å². The molecule has 0 aliphatic heterocycles. The summed E-state index contributed by atoms with van der Waals surface area (Å²) in [7, 11) is 0. The molecule has 0 saturated carbocycles. The molecular weight excluding hydrogens is 242 g/mol. The summed E-state index contributed by atoms with van der Waals surface area (Å²) in [6.45, 7) is 0. The van der Waals surface area contributed by atoms with E-state index in [1.807, 2.05) is 12.1 Å². The maximum Gasteiger partial charge on any atom is 0.187 e. The number of halogens is 1. The van der Waals surface area contributed by atoms with E-state index in [2.05, 4.69) is 9.97 Å². The average Bonchev–Trinajstić information content (AvgIpc) is 2.32. The van der Waals surface area contributed by atoms with Gasteiger partial charge in [-0.05, 0) is 29.8 Å². The molecule has 0 unspecified atom stereocenters. The molecule has 0 bridgehead atoms. The zero-order chi connectivity index (χ0) is 11.4. The van der Waals surface area contributed by atoms with Gasteiger partial charge in [0.1, 0.15) is 0 Å². The van der Waals surface area contributed by atoms with Crippen LogP contribution in [0.5, 0.6) is 0 Å². The number of nitrogens with zero attached hydrogens (tertiary/aromatic N) is 2. The summed E-state index contributed by atoms with van der Waals surface area (Å²) in [6, 6.07) is 7.25. The number of rotatable bonds is 3. The Balaban J connectivity index is 2.08. The van der Waals surface area contributed by atoms with Crippen LogP contribution in [0.15, 0.2) is 41.8 Å². The summed E-state index contributed by atoms with van der Waals surface area (Å²) in [4.78, 5) is 8.25. The monoisotopic (exact) mass is 251 g/mol. The third kappa shape index (κ3) is 2.87. The molecule has 0 fully saturated rings. The van der Waals surface area contributed by atoms with Crippen molar-refractivity contribution in [2.45, 2.75) is 10.9 Å². The molecule has 82 valence electrons. The fourth-order valence-corrected chi connectivity index (χ4v) is 2.20. The zero-order valence-electron chi connectivity index (χ0n) is 8.43. The number of hydrogen-bond donors (Lipinski definition) is 1. The number of nitrogen functional groups attached to an aromatic ring is 1. The van der Waals surface area contributed by atoms with Crippen molar-refractivity contribution in [3.8, 4) is 0 Å². The number of aromatic nitrogens is 2. The van der Waals surface area contributed by atoms with Gasteiger partial charge in [-0.15, -0.1) is 0 Å². The Morgan fingerprint density at radius 3 is 2.75 bits per heavy atom. The van der Waals surface area contributed by atoms with Gasteiger partial charge in [-0.2, -0.15) is 0 Å². The molecule has 1 aromatic heterocycles. The molecule has 0 radical (unpaired) electrons. The lowest BCUT2D eigenvalue weighted by Crippen LogP contribution is -1.93. The van der Waals surface area contributed by atoms with Crippen molar-refractivity contribution in [1.82, 2.24) is 9.97 Å². The second kappa shape index (κ2) is 5.18. The highest BCUT2D eigenvalue weighted by Gasteiger charge is 2.02. The van der Waals surface area contributed by atoms with Crippen LogP contribution in [0.4, 0.5) is 5.69 Å². The number of thioether (sulfide) groups is 1. The van der Waals surface area contributed by atoms with E-state index in [-0.39, 0.29) is 0 Å². The van der Waals surface area contributed by atoms with Crippen LogP contribution in [0.25, 0.3) is 0 Å². The van der Waals surface area contributed by atoms with Crippen molar-refractivity contribution >= 4 is 29.1 Å². The van der Waals surface area contributed by atoms with E-state index >= 15 is 0 Å². The van der Waals surface area contributed by atoms with Crippen molar-refractivity contribution in [1.29, 1.82) is 0 Å². The molecule has 0 spiro atoms. The van der Waals surface area contributed by atoms with Gasteiger partial charge in [0.25, 0.3) is 0 Å². The molecule has 16 heavy (non-hydrogen) atoms. The van der Waals surface area contributed by atoms with E-state index < -0.39 is 0 Å². The predicted octanol–water partition coefficient (Wildman–Crippen LogP) is 3.00. The third-order valence-electron chi connectivity index (χ3n) is 2.00. The Morgan fingerprint density at radius 2 is 2.00 bits per heavy atom. The Morgan fingerprint density at radius 1 is 1.25 bits per heavy atom. The molecule has 1 aromatic carbocycles. The second-order valence-electron chi connectivity index (χ2n) is 3.16. The van der Waals surface area contributed by atoms with Gasteiger partial charge in [-0.25, -0.2) is 9.97 Å². The summed E-state index contributed by atoms with van der Waals surface area (Å²) in [6.07, 6.45) is 3.44. The maximum atomic E-state index is 5.90. The molecule has 1 heterocycles. The first-order valence-corrected chi connectivity index (χ1v) is 6.06. The number of nitrogens with two attached hydrogens (primary N) is 1. The Hall–Kier alpha value is -1.26. The van der Waals surface area contributed by atoms with Gasteiger partial charge in [0.15, 0.2) is 5.16 Å². The van der Waals surface area contributed by atoms with Crippen molar-refractivity contribution < 1.29 is 0 Å². The highest BCUT2D eigenvalue weighted by atomic mass is 35.5. The fourth-order valence-electron chi connectivity index (χ4n) is 1.20. The van der Waals surface area contributed by atoms with Gasteiger partial charge < -0.3 is 5.73 Å². The summed E-state index contributed by atoms with van der Waals surface area (Å²) >= 11 is 7.44. The molecule has 0 saturated heterocycles. The molecule has 0 atom stereocenters. The quantitative estimate of drug-likeness (QED) is 0.518. The van der Waals surface area contributed by atoms with Crippen molar-refractivity contribution in [2.24, 2.45) is 0 Å². The van der Waals surface area contributed by atoms with Crippen LogP contribution < -0.4 is 5.73 Å². The van der Waals surface area contributed by atoms with Crippen molar-refractivity contribution in [3.63, 3.8) is 0 Å². The molecule has 2 rings (SSSR count). The highest BCUT2D eigenvalue weighted by Crippen LogP contribution is 2.25. The summed E-state index contributed by atoms with van der Waals surface area (Å²) in [5, 5.41) is 1.43. The zero-order valence-corrected chi connectivity index (χ0v) is 10.0. The standard InChI is InChI=1S/C11H10ClN3S/c12-9-2-3-10(13)8(6-9)7-16-11-14-4-1-5-15-11/h1-6H,7,13H2. The van der Waals surface area contributed by atoms with Gasteiger partial charge in [0.05, 0.1) is 0 Å². The first-order chi connectivity index (χ1) is 7.75. The molecule has 0 aliphatic rings. The van der Waals surface area contributed by atoms with E-state index in [0.29, 0.717) is 5.02 Å². The third-order valence-corrected chi connectivity index (χ3v) is 3.16. The Labute approximate surface area is 103 Å². The van der Waals surface area contributed by atoms with Crippen LogP contribution in [0.2, 0.25) is 5.02 Å². The van der Waals surface area contributed by atoms with Crippen LogP contribution in [0.3, 0.4) is 0 Å². The molecular formula is C11H10ClN3S. The number of hydrogen-bond acceptors (Lipinski definition) is 4. The normalized spacial score (nSPS) is 10.3. The molecule has 3 nitrogen and oxygen atoms in total. The smallest absolute Gasteiger partial charge is 0.187 e. The fraction of sp³-hybridized carbons (Fsp3) is 0.0909. The minimum atomic E-state index is 0.693. The molecule has 2 N–H and O–H groups in total. The Bertz CT molecular complexity index is 476.